The van der Waals surface area contributed by atoms with Crippen LogP contribution in [0.25, 0.3) is 16.9 Å². The van der Waals surface area contributed by atoms with E-state index in [4.69, 9.17) is 5.10 Å². The molecule has 0 spiro atoms. The van der Waals surface area contributed by atoms with Gasteiger partial charge in [-0.15, -0.1) is 0 Å². The number of hydrogen-bond acceptors (Lipinski definition) is 2. The Hall–Kier alpha value is -2.55. The number of aromatic nitrogens is 2. The maximum absolute atomic E-state index is 10.8. The number of unbranched alkanes of at least 4 members (excludes halogenated alkanes) is 1. The lowest BCUT2D eigenvalue weighted by atomic mass is 10.0. The fraction of sp³-hybridized carbons (Fsp3) is 0.286. The molecule has 0 atom stereocenters. The zero-order valence-electron chi connectivity index (χ0n) is 14.6. The van der Waals surface area contributed by atoms with Crippen molar-refractivity contribution >= 4 is 0 Å². The number of nitrogens with zero attached hydrogens (tertiary/aromatic N) is 2. The topological polar surface area (TPSA) is 38.0 Å². The highest BCUT2D eigenvalue weighted by atomic mass is 16.3. The van der Waals surface area contributed by atoms with Crippen molar-refractivity contribution in [2.75, 3.05) is 0 Å². The Bertz CT molecular complexity index is 814. The molecule has 3 heteroatoms. The van der Waals surface area contributed by atoms with Crippen molar-refractivity contribution in [3.8, 4) is 22.8 Å². The number of hydrogen-bond donors (Lipinski definition) is 1. The van der Waals surface area contributed by atoms with Crippen molar-refractivity contribution < 1.29 is 5.11 Å². The lowest BCUT2D eigenvalue weighted by Gasteiger charge is -2.04. The molecular formula is C21H24N2O. The zero-order valence-corrected chi connectivity index (χ0v) is 14.6. The summed E-state index contributed by atoms with van der Waals surface area (Å²) in [6.07, 6.45) is 2.95. The second kappa shape index (κ2) is 6.91. The van der Waals surface area contributed by atoms with Crippen molar-refractivity contribution in [3.05, 3.63) is 65.2 Å². The molecule has 0 radical (unpaired) electrons. The van der Waals surface area contributed by atoms with Crippen LogP contribution in [0.15, 0.2) is 48.5 Å². The van der Waals surface area contributed by atoms with Gasteiger partial charge in [-0.25, -0.2) is 4.68 Å². The van der Waals surface area contributed by atoms with Crippen LogP contribution in [0.5, 0.6) is 5.88 Å². The lowest BCUT2D eigenvalue weighted by molar-refractivity contribution is 0.427. The van der Waals surface area contributed by atoms with Crippen LogP contribution in [0, 0.1) is 13.8 Å². The summed E-state index contributed by atoms with van der Waals surface area (Å²) in [6.45, 7) is 6.29. The predicted octanol–water partition coefficient (Wildman–Crippen LogP) is 5.20. The highest BCUT2D eigenvalue weighted by Crippen LogP contribution is 2.33. The number of aromatic hydroxyl groups is 1. The van der Waals surface area contributed by atoms with E-state index in [0.29, 0.717) is 0 Å². The molecule has 3 aromatic rings. The average Bonchev–Trinajstić information content (AvgIpc) is 2.91. The van der Waals surface area contributed by atoms with Crippen molar-refractivity contribution in [2.24, 2.45) is 0 Å². The minimum Gasteiger partial charge on any atom is -0.493 e. The summed E-state index contributed by atoms with van der Waals surface area (Å²) in [5.41, 5.74) is 6.15. The van der Waals surface area contributed by atoms with Crippen LogP contribution >= 0.6 is 0 Å². The monoisotopic (exact) mass is 320 g/mol. The van der Waals surface area contributed by atoms with Gasteiger partial charge in [-0.2, -0.15) is 5.10 Å². The van der Waals surface area contributed by atoms with Gasteiger partial charge in [0.05, 0.1) is 11.4 Å². The minimum absolute atomic E-state index is 0.253. The largest absolute Gasteiger partial charge is 0.493 e. The fourth-order valence-corrected chi connectivity index (χ4v) is 2.83. The van der Waals surface area contributed by atoms with Crippen molar-refractivity contribution in [3.63, 3.8) is 0 Å². The summed E-state index contributed by atoms with van der Waals surface area (Å²) < 4.78 is 1.65. The van der Waals surface area contributed by atoms with Crippen LogP contribution < -0.4 is 0 Å². The van der Waals surface area contributed by atoms with E-state index in [1.807, 2.05) is 24.3 Å². The number of aryl methyl sites for hydroxylation is 2. The lowest BCUT2D eigenvalue weighted by Crippen LogP contribution is -1.96. The zero-order chi connectivity index (χ0) is 17.1. The van der Waals surface area contributed by atoms with E-state index in [-0.39, 0.29) is 5.88 Å². The molecule has 3 rings (SSSR count). The molecule has 1 heterocycles. The second-order valence-corrected chi connectivity index (χ2v) is 6.37. The second-order valence-electron chi connectivity index (χ2n) is 6.37. The molecule has 0 saturated heterocycles. The molecule has 0 bridgehead atoms. The van der Waals surface area contributed by atoms with Crippen LogP contribution in [0.2, 0.25) is 0 Å². The first-order chi connectivity index (χ1) is 11.6. The van der Waals surface area contributed by atoms with Crippen LogP contribution in [0.3, 0.4) is 0 Å². The quantitative estimate of drug-likeness (QED) is 0.701. The summed E-state index contributed by atoms with van der Waals surface area (Å²) in [6, 6.07) is 16.4. The molecular weight excluding hydrogens is 296 g/mol. The normalized spacial score (nSPS) is 11.0. The maximum atomic E-state index is 10.8. The molecule has 0 aliphatic rings. The summed E-state index contributed by atoms with van der Waals surface area (Å²) in [4.78, 5) is 0. The van der Waals surface area contributed by atoms with Crippen LogP contribution in [0.4, 0.5) is 0 Å². The van der Waals surface area contributed by atoms with Gasteiger partial charge in [0.25, 0.3) is 0 Å². The van der Waals surface area contributed by atoms with E-state index in [2.05, 4.69) is 45.0 Å². The first kappa shape index (κ1) is 16.3. The van der Waals surface area contributed by atoms with Gasteiger partial charge in [0, 0.05) is 11.1 Å². The van der Waals surface area contributed by atoms with Gasteiger partial charge in [-0.3, -0.25) is 0 Å². The Morgan fingerprint density at radius 3 is 2.08 bits per heavy atom. The van der Waals surface area contributed by atoms with Crippen molar-refractivity contribution in [1.29, 1.82) is 0 Å². The molecule has 0 amide bonds. The van der Waals surface area contributed by atoms with Crippen molar-refractivity contribution in [2.45, 2.75) is 40.0 Å². The van der Waals surface area contributed by atoms with Crippen LogP contribution in [0.1, 0.15) is 36.5 Å². The van der Waals surface area contributed by atoms with E-state index in [1.165, 1.54) is 11.1 Å². The van der Waals surface area contributed by atoms with Gasteiger partial charge in [0.2, 0.25) is 5.88 Å². The Labute approximate surface area is 143 Å². The molecule has 1 N–H and O–H groups in total. The standard InChI is InChI=1S/C21H24N2O/c1-4-5-6-19-20(17-11-7-15(2)8-12-17)22-23(21(19)24)18-13-9-16(3)10-14-18/h7-14,24H,4-6H2,1-3H3. The number of benzene rings is 2. The van der Waals surface area contributed by atoms with Crippen molar-refractivity contribution in [1.82, 2.24) is 9.78 Å². The van der Waals surface area contributed by atoms with Gasteiger partial charge >= 0.3 is 0 Å². The van der Waals surface area contributed by atoms with Gasteiger partial charge < -0.3 is 5.11 Å². The number of rotatable bonds is 5. The smallest absolute Gasteiger partial charge is 0.218 e. The maximum Gasteiger partial charge on any atom is 0.218 e. The first-order valence-corrected chi connectivity index (χ1v) is 8.55. The highest BCUT2D eigenvalue weighted by Gasteiger charge is 2.19. The minimum atomic E-state index is 0.253. The van der Waals surface area contributed by atoms with E-state index in [0.717, 1.165) is 41.8 Å². The third-order valence-corrected chi connectivity index (χ3v) is 4.34. The Kier molecular flexibility index (Phi) is 4.70. The molecule has 0 unspecified atom stereocenters. The van der Waals surface area contributed by atoms with Crippen LogP contribution in [-0.4, -0.2) is 14.9 Å². The Balaban J connectivity index is 2.11. The molecule has 2 aromatic carbocycles. The van der Waals surface area contributed by atoms with Gasteiger partial charge in [-0.05, 0) is 38.8 Å². The molecule has 0 aliphatic heterocycles. The van der Waals surface area contributed by atoms with E-state index < -0.39 is 0 Å². The molecule has 0 fully saturated rings. The molecule has 3 nitrogen and oxygen atoms in total. The Morgan fingerprint density at radius 1 is 0.917 bits per heavy atom. The van der Waals surface area contributed by atoms with Crippen LogP contribution in [-0.2, 0) is 6.42 Å². The van der Waals surface area contributed by atoms with E-state index in [1.54, 1.807) is 4.68 Å². The summed E-state index contributed by atoms with van der Waals surface area (Å²) >= 11 is 0. The molecule has 0 aliphatic carbocycles. The first-order valence-electron chi connectivity index (χ1n) is 8.55. The third-order valence-electron chi connectivity index (χ3n) is 4.34. The average molecular weight is 320 g/mol. The SMILES string of the molecule is CCCCc1c(-c2ccc(C)cc2)nn(-c2ccc(C)cc2)c1O. The third kappa shape index (κ3) is 3.21. The fourth-order valence-electron chi connectivity index (χ4n) is 2.83. The highest BCUT2D eigenvalue weighted by molar-refractivity contribution is 5.66. The molecule has 124 valence electrons. The van der Waals surface area contributed by atoms with Gasteiger partial charge in [-0.1, -0.05) is 60.9 Å². The summed E-state index contributed by atoms with van der Waals surface area (Å²) in [5, 5.41) is 15.5. The summed E-state index contributed by atoms with van der Waals surface area (Å²) in [5.74, 6) is 0.253. The van der Waals surface area contributed by atoms with E-state index >= 15 is 0 Å². The van der Waals surface area contributed by atoms with E-state index in [9.17, 15) is 5.11 Å². The predicted molar refractivity (Wildman–Crippen MR) is 98.8 cm³/mol. The molecule has 1 aromatic heterocycles. The summed E-state index contributed by atoms with van der Waals surface area (Å²) in [7, 11) is 0. The molecule has 0 saturated carbocycles. The van der Waals surface area contributed by atoms with Gasteiger partial charge in [0.15, 0.2) is 0 Å². The van der Waals surface area contributed by atoms with Gasteiger partial charge in [0.1, 0.15) is 0 Å². The molecule has 24 heavy (non-hydrogen) atoms. The Morgan fingerprint density at radius 2 is 1.50 bits per heavy atom.